The summed E-state index contributed by atoms with van der Waals surface area (Å²) in [5, 5.41) is 14.7. The Kier molecular flexibility index (Phi) is 2.85. The molecule has 1 amide bonds. The first kappa shape index (κ1) is 10.2. The van der Waals surface area contributed by atoms with Crippen molar-refractivity contribution in [1.82, 2.24) is 9.78 Å². The van der Waals surface area contributed by atoms with Gasteiger partial charge in [-0.1, -0.05) is 0 Å². The number of hydrogen-bond acceptors (Lipinski definition) is 3. The molecule has 0 saturated carbocycles. The summed E-state index contributed by atoms with van der Waals surface area (Å²) in [6.45, 7) is 1.83. The van der Waals surface area contributed by atoms with Crippen molar-refractivity contribution in [2.45, 2.75) is 13.3 Å². The molecule has 1 aromatic rings. The smallest absolute Gasteiger partial charge is 0.312 e. The number of aryl methyl sites for hydroxylation is 2. The zero-order chi connectivity index (χ0) is 10.7. The summed E-state index contributed by atoms with van der Waals surface area (Å²) in [6.07, 6.45) is -0.546. The third-order valence-electron chi connectivity index (χ3n) is 1.69. The summed E-state index contributed by atoms with van der Waals surface area (Å²) in [6, 6.07) is 1.67. The largest absolute Gasteiger partial charge is 0.481 e. The molecule has 6 heteroatoms. The Hall–Kier alpha value is -1.85. The van der Waals surface area contributed by atoms with Crippen LogP contribution in [0.15, 0.2) is 6.07 Å². The van der Waals surface area contributed by atoms with Crippen molar-refractivity contribution in [3.8, 4) is 0 Å². The minimum Gasteiger partial charge on any atom is -0.481 e. The van der Waals surface area contributed by atoms with E-state index in [1.165, 1.54) is 0 Å². The fourth-order valence-electron chi connectivity index (χ4n) is 0.946. The number of rotatable bonds is 3. The lowest BCUT2D eigenvalue weighted by Crippen LogP contribution is -2.16. The number of nitrogens with one attached hydrogen (secondary N) is 1. The van der Waals surface area contributed by atoms with Gasteiger partial charge in [0.2, 0.25) is 5.91 Å². The Morgan fingerprint density at radius 2 is 2.29 bits per heavy atom. The second kappa shape index (κ2) is 3.91. The summed E-state index contributed by atoms with van der Waals surface area (Å²) in [4.78, 5) is 21.2. The Bertz CT molecular complexity index is 350. The van der Waals surface area contributed by atoms with Gasteiger partial charge >= 0.3 is 5.97 Å². The highest BCUT2D eigenvalue weighted by Gasteiger charge is 2.09. The zero-order valence-corrected chi connectivity index (χ0v) is 7.94. The normalized spacial score (nSPS) is 9.86. The molecule has 1 aromatic heterocycles. The van der Waals surface area contributed by atoms with Gasteiger partial charge in [-0.3, -0.25) is 14.3 Å². The molecule has 0 bridgehead atoms. The van der Waals surface area contributed by atoms with E-state index in [1.807, 2.05) is 6.92 Å². The van der Waals surface area contributed by atoms with Crippen molar-refractivity contribution in [1.29, 1.82) is 0 Å². The summed E-state index contributed by atoms with van der Waals surface area (Å²) in [5.41, 5.74) is 0.885. The lowest BCUT2D eigenvalue weighted by Gasteiger charge is -1.97. The second-order valence-electron chi connectivity index (χ2n) is 2.91. The number of carbonyl (C=O) groups excluding carboxylic acids is 1. The van der Waals surface area contributed by atoms with E-state index in [4.69, 9.17) is 5.11 Å². The van der Waals surface area contributed by atoms with E-state index < -0.39 is 18.3 Å². The number of anilines is 1. The van der Waals surface area contributed by atoms with Crippen molar-refractivity contribution in [3.05, 3.63) is 11.8 Å². The lowest BCUT2D eigenvalue weighted by molar-refractivity contribution is -0.139. The quantitative estimate of drug-likeness (QED) is 0.675. The highest BCUT2D eigenvalue weighted by Crippen LogP contribution is 2.06. The first-order valence-corrected chi connectivity index (χ1v) is 4.01. The number of aliphatic carboxylic acids is 1. The molecular weight excluding hydrogens is 186 g/mol. The molecular formula is C8H11N3O3. The van der Waals surface area contributed by atoms with Crippen molar-refractivity contribution in [3.63, 3.8) is 0 Å². The maximum absolute atomic E-state index is 11.0. The minimum atomic E-state index is -1.16. The summed E-state index contributed by atoms with van der Waals surface area (Å²) < 4.78 is 1.59. The number of amides is 1. The number of hydrogen-bond donors (Lipinski definition) is 2. The predicted molar refractivity (Wildman–Crippen MR) is 48.8 cm³/mol. The van der Waals surface area contributed by atoms with Crippen LogP contribution < -0.4 is 5.32 Å². The number of carbonyl (C=O) groups is 2. The highest BCUT2D eigenvalue weighted by molar-refractivity contribution is 6.00. The number of aromatic nitrogens is 2. The molecule has 0 unspecified atom stereocenters. The molecule has 1 rings (SSSR count). The summed E-state index contributed by atoms with van der Waals surface area (Å²) >= 11 is 0. The number of nitrogens with zero attached hydrogens (tertiary/aromatic N) is 2. The van der Waals surface area contributed by atoms with Gasteiger partial charge in [0.1, 0.15) is 6.42 Å². The van der Waals surface area contributed by atoms with Crippen LogP contribution in [0.1, 0.15) is 12.1 Å². The molecule has 0 radical (unpaired) electrons. The molecule has 0 aliphatic carbocycles. The summed E-state index contributed by atoms with van der Waals surface area (Å²) in [7, 11) is 1.74. The fraction of sp³-hybridized carbons (Fsp3) is 0.375. The molecule has 6 nitrogen and oxygen atoms in total. The van der Waals surface area contributed by atoms with E-state index in [1.54, 1.807) is 17.8 Å². The predicted octanol–water partition coefficient (Wildman–Crippen LogP) is 0.142. The van der Waals surface area contributed by atoms with E-state index in [-0.39, 0.29) is 0 Å². The van der Waals surface area contributed by atoms with E-state index >= 15 is 0 Å². The minimum absolute atomic E-state index is 0.372. The van der Waals surface area contributed by atoms with Gasteiger partial charge in [-0.2, -0.15) is 5.10 Å². The number of carboxylic acid groups (broad SMARTS) is 1. The standard InChI is InChI=1S/C8H11N3O3/c1-5-3-6(10-11(5)2)9-7(12)4-8(13)14/h3H,4H2,1-2H3,(H,13,14)(H,9,10,12). The Morgan fingerprint density at radius 1 is 1.64 bits per heavy atom. The van der Waals surface area contributed by atoms with Gasteiger partial charge in [-0.15, -0.1) is 0 Å². The average Bonchev–Trinajstić information content (AvgIpc) is 2.28. The first-order valence-electron chi connectivity index (χ1n) is 4.01. The number of carboxylic acids is 1. The van der Waals surface area contributed by atoms with Crippen molar-refractivity contribution in [2.75, 3.05) is 5.32 Å². The molecule has 0 aliphatic heterocycles. The molecule has 0 fully saturated rings. The molecule has 76 valence electrons. The average molecular weight is 197 g/mol. The molecule has 14 heavy (non-hydrogen) atoms. The third kappa shape index (κ3) is 2.58. The van der Waals surface area contributed by atoms with Crippen molar-refractivity contribution < 1.29 is 14.7 Å². The third-order valence-corrected chi connectivity index (χ3v) is 1.69. The SMILES string of the molecule is Cc1cc(NC(=O)CC(=O)O)nn1C. The van der Waals surface area contributed by atoms with Crippen molar-refractivity contribution >= 4 is 17.7 Å². The van der Waals surface area contributed by atoms with Gasteiger partial charge in [0.05, 0.1) is 0 Å². The zero-order valence-electron chi connectivity index (χ0n) is 7.94. The van der Waals surface area contributed by atoms with Crippen LogP contribution in [0.4, 0.5) is 5.82 Å². The monoisotopic (exact) mass is 197 g/mol. The fourth-order valence-corrected chi connectivity index (χ4v) is 0.946. The van der Waals surface area contributed by atoms with Gasteiger partial charge < -0.3 is 10.4 Å². The Balaban J connectivity index is 2.60. The van der Waals surface area contributed by atoms with Crippen LogP contribution in [-0.4, -0.2) is 26.8 Å². The molecule has 0 spiro atoms. The van der Waals surface area contributed by atoms with Crippen LogP contribution in [0.2, 0.25) is 0 Å². The Morgan fingerprint density at radius 3 is 2.71 bits per heavy atom. The maximum atomic E-state index is 11.0. The Labute approximate surface area is 80.5 Å². The van der Waals surface area contributed by atoms with Crippen molar-refractivity contribution in [2.24, 2.45) is 7.05 Å². The topological polar surface area (TPSA) is 84.2 Å². The highest BCUT2D eigenvalue weighted by atomic mass is 16.4. The molecule has 0 saturated heterocycles. The van der Waals surface area contributed by atoms with E-state index in [0.29, 0.717) is 5.82 Å². The van der Waals surface area contributed by atoms with Gasteiger partial charge in [0.25, 0.3) is 0 Å². The van der Waals surface area contributed by atoms with Crippen LogP contribution in [0.25, 0.3) is 0 Å². The van der Waals surface area contributed by atoms with Crippen LogP contribution >= 0.6 is 0 Å². The van der Waals surface area contributed by atoms with Crippen LogP contribution in [0.5, 0.6) is 0 Å². The van der Waals surface area contributed by atoms with Crippen LogP contribution in [-0.2, 0) is 16.6 Å². The molecule has 0 aromatic carbocycles. The van der Waals surface area contributed by atoms with E-state index in [0.717, 1.165) is 5.69 Å². The van der Waals surface area contributed by atoms with Gasteiger partial charge in [-0.25, -0.2) is 0 Å². The van der Waals surface area contributed by atoms with Gasteiger partial charge in [0.15, 0.2) is 5.82 Å². The maximum Gasteiger partial charge on any atom is 0.312 e. The lowest BCUT2D eigenvalue weighted by atomic mass is 10.4. The molecule has 0 atom stereocenters. The van der Waals surface area contributed by atoms with E-state index in [2.05, 4.69) is 10.4 Å². The van der Waals surface area contributed by atoms with E-state index in [9.17, 15) is 9.59 Å². The van der Waals surface area contributed by atoms with Gasteiger partial charge in [0, 0.05) is 18.8 Å². The summed E-state index contributed by atoms with van der Waals surface area (Å²) in [5.74, 6) is -1.36. The first-order chi connectivity index (χ1) is 6.49. The molecule has 1 heterocycles. The molecule has 2 N–H and O–H groups in total. The second-order valence-corrected chi connectivity index (χ2v) is 2.91. The van der Waals surface area contributed by atoms with Gasteiger partial charge in [-0.05, 0) is 6.92 Å². The van der Waals surface area contributed by atoms with Crippen LogP contribution in [0, 0.1) is 6.92 Å². The molecule has 0 aliphatic rings. The van der Waals surface area contributed by atoms with Crippen LogP contribution in [0.3, 0.4) is 0 Å².